The van der Waals surface area contributed by atoms with Gasteiger partial charge in [-0.3, -0.25) is 4.79 Å². The molecule has 0 atom stereocenters. The van der Waals surface area contributed by atoms with Gasteiger partial charge in [-0.25, -0.2) is 0 Å². The number of carbonyl (C=O) groups is 1. The van der Waals surface area contributed by atoms with E-state index in [-0.39, 0.29) is 0 Å². The van der Waals surface area contributed by atoms with Gasteiger partial charge in [-0.15, -0.1) is 6.58 Å². The number of nitrogens with two attached hydrogens (primary N) is 1. The molecule has 0 aliphatic heterocycles. The van der Waals surface area contributed by atoms with Crippen LogP contribution in [0.25, 0.3) is 0 Å². The monoisotopic (exact) mass is 311 g/mol. The molecule has 0 saturated carbocycles. The van der Waals surface area contributed by atoms with Crippen molar-refractivity contribution in [3.63, 3.8) is 0 Å². The van der Waals surface area contributed by atoms with E-state index in [0.29, 0.717) is 30.9 Å². The van der Waals surface area contributed by atoms with Gasteiger partial charge < -0.3 is 15.2 Å². The minimum Gasteiger partial charge on any atom is -0.488 e. The van der Waals surface area contributed by atoms with Crippen LogP contribution >= 0.6 is 0 Å². The highest BCUT2D eigenvalue weighted by Gasteiger charge is 2.17. The molecule has 0 bridgehead atoms. The van der Waals surface area contributed by atoms with Gasteiger partial charge in [0.25, 0.3) is 5.91 Å². The minimum atomic E-state index is -0.512. The second kappa shape index (κ2) is 8.15. The second-order valence-corrected chi connectivity index (χ2v) is 5.14. The Morgan fingerprint density at radius 1 is 1.17 bits per heavy atom. The molecule has 2 rings (SSSR count). The van der Waals surface area contributed by atoms with Crippen LogP contribution in [0.15, 0.2) is 55.1 Å². The molecule has 0 radical (unpaired) electrons. The maximum Gasteiger partial charge on any atom is 0.252 e. The van der Waals surface area contributed by atoms with Gasteiger partial charge in [0.05, 0.1) is 12.2 Å². The molecule has 23 heavy (non-hydrogen) atoms. The third-order valence-corrected chi connectivity index (χ3v) is 3.50. The van der Waals surface area contributed by atoms with Crippen molar-refractivity contribution in [3.8, 4) is 5.75 Å². The summed E-state index contributed by atoms with van der Waals surface area (Å²) in [6, 6.07) is 13.3. The summed E-state index contributed by atoms with van der Waals surface area (Å²) in [6.45, 7) is 4.58. The van der Waals surface area contributed by atoms with Crippen LogP contribution in [0.1, 0.15) is 27.0 Å². The van der Waals surface area contributed by atoms with Crippen LogP contribution in [-0.2, 0) is 24.4 Å². The van der Waals surface area contributed by atoms with Crippen molar-refractivity contribution in [2.24, 2.45) is 5.73 Å². The average Bonchev–Trinajstić information content (AvgIpc) is 2.56. The van der Waals surface area contributed by atoms with Gasteiger partial charge in [-0.1, -0.05) is 42.5 Å². The fourth-order valence-corrected chi connectivity index (χ4v) is 2.42. The molecule has 0 unspecified atom stereocenters. The number of hydrogen-bond donors (Lipinski definition) is 1. The second-order valence-electron chi connectivity index (χ2n) is 5.14. The van der Waals surface area contributed by atoms with Crippen molar-refractivity contribution in [3.05, 3.63) is 77.4 Å². The molecule has 1 amide bonds. The van der Waals surface area contributed by atoms with Gasteiger partial charge in [0.1, 0.15) is 12.4 Å². The summed E-state index contributed by atoms with van der Waals surface area (Å²) in [6.07, 6.45) is 2.35. The molecule has 2 aromatic carbocycles. The summed E-state index contributed by atoms with van der Waals surface area (Å²) in [5, 5.41) is 0. The first-order valence-electron chi connectivity index (χ1n) is 7.38. The fraction of sp³-hybridized carbons (Fsp3) is 0.211. The van der Waals surface area contributed by atoms with E-state index >= 15 is 0 Å². The number of amides is 1. The van der Waals surface area contributed by atoms with Crippen LogP contribution in [0.5, 0.6) is 5.75 Å². The highest BCUT2D eigenvalue weighted by atomic mass is 16.5. The molecular weight excluding hydrogens is 290 g/mol. The number of carbonyl (C=O) groups excluding carboxylic acids is 1. The zero-order valence-electron chi connectivity index (χ0n) is 13.2. The molecule has 0 aliphatic rings. The molecule has 2 aromatic rings. The van der Waals surface area contributed by atoms with Gasteiger partial charge in [-0.05, 0) is 23.6 Å². The van der Waals surface area contributed by atoms with Crippen LogP contribution in [0, 0.1) is 0 Å². The van der Waals surface area contributed by atoms with Crippen LogP contribution in [0.3, 0.4) is 0 Å². The van der Waals surface area contributed by atoms with Crippen molar-refractivity contribution in [2.45, 2.75) is 19.6 Å². The Morgan fingerprint density at radius 2 is 1.91 bits per heavy atom. The first-order chi connectivity index (χ1) is 11.2. The van der Waals surface area contributed by atoms with Gasteiger partial charge in [-0.2, -0.15) is 0 Å². The van der Waals surface area contributed by atoms with Gasteiger partial charge in [0, 0.05) is 12.7 Å². The van der Waals surface area contributed by atoms with Crippen molar-refractivity contribution >= 4 is 5.91 Å². The van der Waals surface area contributed by atoms with Crippen molar-refractivity contribution in [1.82, 2.24) is 0 Å². The zero-order chi connectivity index (χ0) is 16.7. The topological polar surface area (TPSA) is 61.5 Å². The van der Waals surface area contributed by atoms with Crippen molar-refractivity contribution in [2.75, 3.05) is 7.11 Å². The lowest BCUT2D eigenvalue weighted by Crippen LogP contribution is -2.15. The Hall–Kier alpha value is -2.59. The third-order valence-electron chi connectivity index (χ3n) is 3.50. The van der Waals surface area contributed by atoms with Gasteiger partial charge >= 0.3 is 0 Å². The summed E-state index contributed by atoms with van der Waals surface area (Å²) in [7, 11) is 1.63. The van der Waals surface area contributed by atoms with E-state index in [1.807, 2.05) is 36.4 Å². The maximum absolute atomic E-state index is 11.7. The molecule has 0 fully saturated rings. The summed E-state index contributed by atoms with van der Waals surface area (Å²) in [4.78, 5) is 11.7. The molecule has 4 nitrogen and oxygen atoms in total. The van der Waals surface area contributed by atoms with Gasteiger partial charge in [0.15, 0.2) is 0 Å². The smallest absolute Gasteiger partial charge is 0.252 e. The van der Waals surface area contributed by atoms with Crippen LogP contribution in [0.4, 0.5) is 0 Å². The first-order valence-corrected chi connectivity index (χ1v) is 7.38. The van der Waals surface area contributed by atoms with Gasteiger partial charge in [0.2, 0.25) is 0 Å². The summed E-state index contributed by atoms with van der Waals surface area (Å²) >= 11 is 0. The van der Waals surface area contributed by atoms with E-state index in [2.05, 4.69) is 6.58 Å². The summed E-state index contributed by atoms with van der Waals surface area (Å²) < 4.78 is 11.2. The minimum absolute atomic E-state index is 0.363. The number of allylic oxidation sites excluding steroid dienone is 1. The number of benzene rings is 2. The van der Waals surface area contributed by atoms with Crippen LogP contribution < -0.4 is 10.5 Å². The first kappa shape index (κ1) is 16.8. The molecule has 0 aliphatic carbocycles. The molecule has 2 N–H and O–H groups in total. The number of primary amides is 1. The zero-order valence-corrected chi connectivity index (χ0v) is 13.2. The molecule has 0 heterocycles. The Morgan fingerprint density at radius 3 is 2.52 bits per heavy atom. The molecular formula is C19H21NO3. The normalized spacial score (nSPS) is 10.3. The number of methoxy groups -OCH3 is 1. The predicted molar refractivity (Wildman–Crippen MR) is 90.3 cm³/mol. The summed E-state index contributed by atoms with van der Waals surface area (Å²) in [5.74, 6) is -0.00172. The van der Waals surface area contributed by atoms with E-state index in [0.717, 1.165) is 16.7 Å². The van der Waals surface area contributed by atoms with E-state index in [9.17, 15) is 4.79 Å². The Kier molecular flexibility index (Phi) is 5.94. The van der Waals surface area contributed by atoms with E-state index in [4.69, 9.17) is 15.2 Å². The van der Waals surface area contributed by atoms with E-state index in [1.54, 1.807) is 19.3 Å². The molecule has 0 aromatic heterocycles. The molecule has 0 spiro atoms. The van der Waals surface area contributed by atoms with Crippen molar-refractivity contribution < 1.29 is 14.3 Å². The van der Waals surface area contributed by atoms with E-state index in [1.165, 1.54) is 0 Å². The lowest BCUT2D eigenvalue weighted by Gasteiger charge is -2.17. The maximum atomic E-state index is 11.7. The fourth-order valence-electron chi connectivity index (χ4n) is 2.42. The lowest BCUT2D eigenvalue weighted by atomic mass is 9.99. The van der Waals surface area contributed by atoms with E-state index < -0.39 is 5.91 Å². The molecule has 4 heteroatoms. The molecule has 0 saturated heterocycles. The molecule has 120 valence electrons. The Balaban J connectivity index is 2.41. The lowest BCUT2D eigenvalue weighted by molar-refractivity contribution is 0.0995. The number of hydrogen-bond acceptors (Lipinski definition) is 3. The SMILES string of the molecule is C=CCc1c(COC)ccc(C(N)=O)c1OCc1ccccc1. The Bertz CT molecular complexity index is 681. The highest BCUT2D eigenvalue weighted by Crippen LogP contribution is 2.29. The summed E-state index contributed by atoms with van der Waals surface area (Å²) in [5.41, 5.74) is 8.73. The standard InChI is InChI=1S/C19H21NO3/c1-3-7-16-15(13-22-2)10-11-17(19(20)21)18(16)23-12-14-8-5-4-6-9-14/h3-6,8-11H,1,7,12-13H2,2H3,(H2,20,21). The van der Waals surface area contributed by atoms with Crippen LogP contribution in [0.2, 0.25) is 0 Å². The average molecular weight is 311 g/mol. The van der Waals surface area contributed by atoms with Crippen molar-refractivity contribution in [1.29, 1.82) is 0 Å². The number of ether oxygens (including phenoxy) is 2. The quantitative estimate of drug-likeness (QED) is 0.761. The Labute approximate surface area is 136 Å². The van der Waals surface area contributed by atoms with Crippen LogP contribution in [-0.4, -0.2) is 13.0 Å². The number of rotatable bonds is 8. The largest absolute Gasteiger partial charge is 0.488 e. The highest BCUT2D eigenvalue weighted by molar-refractivity contribution is 5.96. The predicted octanol–water partition coefficient (Wildman–Crippen LogP) is 3.24. The third kappa shape index (κ3) is 4.20.